The van der Waals surface area contributed by atoms with E-state index in [0.29, 0.717) is 11.1 Å². The van der Waals surface area contributed by atoms with Gasteiger partial charge in [-0.2, -0.15) is 0 Å². The van der Waals surface area contributed by atoms with Crippen LogP contribution in [0.15, 0.2) is 48.5 Å². The van der Waals surface area contributed by atoms with Gasteiger partial charge in [0.2, 0.25) is 0 Å². The number of carboxylic acids is 1. The highest BCUT2D eigenvalue weighted by Gasteiger charge is 2.35. The zero-order chi connectivity index (χ0) is 18.8. The minimum Gasteiger partial charge on any atom is -0.480 e. The van der Waals surface area contributed by atoms with Gasteiger partial charge in [-0.25, -0.2) is 4.79 Å². The van der Waals surface area contributed by atoms with Crippen molar-refractivity contribution in [1.29, 1.82) is 0 Å². The average Bonchev–Trinajstić information content (AvgIpc) is 2.65. The first-order valence-corrected chi connectivity index (χ1v) is 8.30. The summed E-state index contributed by atoms with van der Waals surface area (Å²) >= 11 is 0. The highest BCUT2D eigenvalue weighted by atomic mass is 16.4. The molecule has 0 aromatic heterocycles. The van der Waals surface area contributed by atoms with E-state index in [1.807, 2.05) is 24.3 Å². The Morgan fingerprint density at radius 1 is 1.00 bits per heavy atom. The Kier molecular flexibility index (Phi) is 4.75. The molecule has 26 heavy (non-hydrogen) atoms. The highest BCUT2D eigenvalue weighted by Crippen LogP contribution is 2.25. The summed E-state index contributed by atoms with van der Waals surface area (Å²) in [5.74, 6) is -1.63. The van der Waals surface area contributed by atoms with Crippen LogP contribution in [0.1, 0.15) is 31.8 Å². The lowest BCUT2D eigenvalue weighted by Crippen LogP contribution is -2.48. The summed E-state index contributed by atoms with van der Waals surface area (Å²) in [5.41, 5.74) is 2.59. The molecule has 0 saturated heterocycles. The summed E-state index contributed by atoms with van der Waals surface area (Å²) in [4.78, 5) is 39.7. The Balaban J connectivity index is 1.94. The van der Waals surface area contributed by atoms with Crippen LogP contribution in [0.3, 0.4) is 0 Å². The summed E-state index contributed by atoms with van der Waals surface area (Å²) in [6.45, 7) is 0.234. The molecule has 2 aromatic carbocycles. The number of amides is 2. The molecule has 0 radical (unpaired) electrons. The minimum atomic E-state index is -1.03. The van der Waals surface area contributed by atoms with Gasteiger partial charge < -0.3 is 14.9 Å². The van der Waals surface area contributed by atoms with Crippen LogP contribution in [0.25, 0.3) is 0 Å². The number of hydrogen-bond acceptors (Lipinski definition) is 3. The second kappa shape index (κ2) is 7.00. The van der Waals surface area contributed by atoms with Gasteiger partial charge in [0.1, 0.15) is 6.04 Å². The maximum absolute atomic E-state index is 13.0. The number of benzene rings is 2. The van der Waals surface area contributed by atoms with E-state index in [-0.39, 0.29) is 24.8 Å². The lowest BCUT2D eigenvalue weighted by molar-refractivity contribution is -0.142. The smallest absolute Gasteiger partial charge is 0.326 e. The molecule has 0 fully saturated rings. The molecule has 0 spiro atoms. The molecule has 1 aliphatic heterocycles. The molecular formula is C20H20N2O4. The summed E-state index contributed by atoms with van der Waals surface area (Å²) in [6.07, 6.45) is 0.271. The van der Waals surface area contributed by atoms with Crippen molar-refractivity contribution in [2.45, 2.75) is 19.0 Å². The largest absolute Gasteiger partial charge is 0.480 e. The van der Waals surface area contributed by atoms with Crippen molar-refractivity contribution in [2.24, 2.45) is 0 Å². The van der Waals surface area contributed by atoms with Crippen LogP contribution in [0, 0.1) is 0 Å². The van der Waals surface area contributed by atoms with Gasteiger partial charge >= 0.3 is 5.97 Å². The first-order valence-electron chi connectivity index (χ1n) is 8.30. The Bertz CT molecular complexity index is 876. The molecule has 1 aliphatic rings. The molecule has 6 heteroatoms. The van der Waals surface area contributed by atoms with Gasteiger partial charge in [0.05, 0.1) is 0 Å². The van der Waals surface area contributed by atoms with Crippen LogP contribution in [-0.2, 0) is 17.8 Å². The van der Waals surface area contributed by atoms with E-state index in [0.717, 1.165) is 11.1 Å². The fourth-order valence-corrected chi connectivity index (χ4v) is 3.17. The Morgan fingerprint density at radius 2 is 1.65 bits per heavy atom. The molecule has 2 aromatic rings. The molecule has 2 amide bonds. The molecule has 1 heterocycles. The summed E-state index contributed by atoms with van der Waals surface area (Å²) in [6, 6.07) is 13.0. The minimum absolute atomic E-state index is 0.210. The number of nitrogens with zero attached hydrogens (tertiary/aromatic N) is 2. The predicted octanol–water partition coefficient (Wildman–Crippen LogP) is 2.04. The molecule has 6 nitrogen and oxygen atoms in total. The molecule has 1 unspecified atom stereocenters. The van der Waals surface area contributed by atoms with E-state index < -0.39 is 12.0 Å². The van der Waals surface area contributed by atoms with E-state index in [9.17, 15) is 19.5 Å². The SMILES string of the molecule is CN(C)C(=O)c1cccc(C(=O)N2Cc3ccccc3CC2C(=O)O)c1. The second-order valence-corrected chi connectivity index (χ2v) is 6.54. The van der Waals surface area contributed by atoms with Gasteiger partial charge in [-0.15, -0.1) is 0 Å². The summed E-state index contributed by atoms with van der Waals surface area (Å²) in [5, 5.41) is 9.59. The summed E-state index contributed by atoms with van der Waals surface area (Å²) in [7, 11) is 3.28. The molecular weight excluding hydrogens is 332 g/mol. The van der Waals surface area contributed by atoms with E-state index in [4.69, 9.17) is 0 Å². The first-order chi connectivity index (χ1) is 12.4. The van der Waals surface area contributed by atoms with Crippen molar-refractivity contribution in [3.05, 3.63) is 70.8 Å². The van der Waals surface area contributed by atoms with Crippen molar-refractivity contribution < 1.29 is 19.5 Å². The number of rotatable bonds is 3. The number of carbonyl (C=O) groups excluding carboxylic acids is 2. The number of hydrogen-bond donors (Lipinski definition) is 1. The monoisotopic (exact) mass is 352 g/mol. The molecule has 0 aliphatic carbocycles. The normalized spacial score (nSPS) is 15.9. The van der Waals surface area contributed by atoms with Crippen molar-refractivity contribution >= 4 is 17.8 Å². The van der Waals surface area contributed by atoms with Crippen molar-refractivity contribution in [1.82, 2.24) is 9.80 Å². The van der Waals surface area contributed by atoms with Crippen molar-refractivity contribution in [2.75, 3.05) is 14.1 Å². The maximum Gasteiger partial charge on any atom is 0.326 e. The zero-order valence-corrected chi connectivity index (χ0v) is 14.7. The number of aliphatic carboxylic acids is 1. The first kappa shape index (κ1) is 17.7. The fraction of sp³-hybridized carbons (Fsp3) is 0.250. The summed E-state index contributed by atoms with van der Waals surface area (Å²) < 4.78 is 0. The molecule has 1 N–H and O–H groups in total. The third-order valence-corrected chi connectivity index (χ3v) is 4.56. The average molecular weight is 352 g/mol. The quantitative estimate of drug-likeness (QED) is 0.917. The molecule has 1 atom stereocenters. The van der Waals surface area contributed by atoms with Crippen LogP contribution in [0.5, 0.6) is 0 Å². The van der Waals surface area contributed by atoms with Crippen LogP contribution in [-0.4, -0.2) is 52.8 Å². The molecule has 0 saturated carbocycles. The van der Waals surface area contributed by atoms with Gasteiger partial charge in [0.25, 0.3) is 11.8 Å². The lowest BCUT2D eigenvalue weighted by Gasteiger charge is -2.34. The third kappa shape index (κ3) is 3.31. The molecule has 0 bridgehead atoms. The van der Waals surface area contributed by atoms with Gasteiger partial charge in [0.15, 0.2) is 0 Å². The maximum atomic E-state index is 13.0. The van der Waals surface area contributed by atoms with Crippen LogP contribution >= 0.6 is 0 Å². The van der Waals surface area contributed by atoms with Crippen LogP contribution in [0.2, 0.25) is 0 Å². The van der Waals surface area contributed by atoms with Crippen molar-refractivity contribution in [3.63, 3.8) is 0 Å². The molecule has 134 valence electrons. The number of fused-ring (bicyclic) bond motifs is 1. The van der Waals surface area contributed by atoms with Gasteiger partial charge in [-0.05, 0) is 29.3 Å². The lowest BCUT2D eigenvalue weighted by atomic mass is 9.93. The second-order valence-electron chi connectivity index (χ2n) is 6.54. The number of carboxylic acid groups (broad SMARTS) is 1. The fourth-order valence-electron chi connectivity index (χ4n) is 3.17. The topological polar surface area (TPSA) is 77.9 Å². The molecule has 3 rings (SSSR count). The highest BCUT2D eigenvalue weighted by molar-refractivity contribution is 6.00. The Morgan fingerprint density at radius 3 is 2.31 bits per heavy atom. The Hall–Kier alpha value is -3.15. The predicted molar refractivity (Wildman–Crippen MR) is 95.9 cm³/mol. The van der Waals surface area contributed by atoms with E-state index in [2.05, 4.69) is 0 Å². The zero-order valence-electron chi connectivity index (χ0n) is 14.7. The van der Waals surface area contributed by atoms with Gasteiger partial charge in [0, 0.05) is 38.2 Å². The third-order valence-electron chi connectivity index (χ3n) is 4.56. The number of carbonyl (C=O) groups is 3. The van der Waals surface area contributed by atoms with E-state index >= 15 is 0 Å². The van der Waals surface area contributed by atoms with Crippen LogP contribution in [0.4, 0.5) is 0 Å². The van der Waals surface area contributed by atoms with E-state index in [1.165, 1.54) is 15.9 Å². The standard InChI is InChI=1S/C20H20N2O4/c1-21(2)18(23)14-8-5-9-15(10-14)19(24)22-12-16-7-4-3-6-13(16)11-17(22)20(25)26/h3-10,17H,11-12H2,1-2H3,(H,25,26). The Labute approximate surface area is 151 Å². The van der Waals surface area contributed by atoms with Gasteiger partial charge in [-0.1, -0.05) is 30.3 Å². The van der Waals surface area contributed by atoms with E-state index in [1.54, 1.807) is 32.3 Å². The van der Waals surface area contributed by atoms with Crippen molar-refractivity contribution in [3.8, 4) is 0 Å². The van der Waals surface area contributed by atoms with Gasteiger partial charge in [-0.3, -0.25) is 9.59 Å². The van der Waals surface area contributed by atoms with Crippen LogP contribution < -0.4 is 0 Å².